The lowest BCUT2D eigenvalue weighted by molar-refractivity contribution is 0.672. The highest BCUT2D eigenvalue weighted by molar-refractivity contribution is 6.42. The molecule has 1 aliphatic heterocycles. The van der Waals surface area contributed by atoms with Crippen molar-refractivity contribution < 1.29 is 0 Å². The molecule has 0 aliphatic carbocycles. The Bertz CT molecular complexity index is 197. The van der Waals surface area contributed by atoms with E-state index in [9.17, 15) is 0 Å². The van der Waals surface area contributed by atoms with Gasteiger partial charge in [-0.05, 0) is 11.7 Å². The predicted octanol–water partition coefficient (Wildman–Crippen LogP) is 3.73. The summed E-state index contributed by atoms with van der Waals surface area (Å²) >= 11 is 0. The number of unbranched alkanes of at least 4 members (excludes halogenated alkanes) is 1. The molecule has 1 saturated heterocycles. The molecular formula is C12H21B. The molecule has 1 rings (SSSR count). The maximum atomic E-state index is 3.94. The summed E-state index contributed by atoms with van der Waals surface area (Å²) < 4.78 is 0. The van der Waals surface area contributed by atoms with E-state index < -0.39 is 0 Å². The topological polar surface area (TPSA) is 0 Å². The monoisotopic (exact) mass is 176 g/mol. The lowest BCUT2D eigenvalue weighted by Crippen LogP contribution is -2.12. The summed E-state index contributed by atoms with van der Waals surface area (Å²) in [7, 11) is 1.36. The van der Waals surface area contributed by atoms with Crippen molar-refractivity contribution >= 4 is 7.28 Å². The zero-order valence-corrected chi connectivity index (χ0v) is 9.10. The van der Waals surface area contributed by atoms with Crippen molar-refractivity contribution in [3.05, 3.63) is 24.3 Å². The molecule has 72 valence electrons. The number of hydrogen-bond acceptors (Lipinski definition) is 0. The fourth-order valence-corrected chi connectivity index (χ4v) is 2.32. The van der Waals surface area contributed by atoms with E-state index in [4.69, 9.17) is 0 Å². The summed E-state index contributed by atoms with van der Waals surface area (Å²) in [6.07, 6.45) is 11.1. The lowest BCUT2D eigenvalue weighted by Gasteiger charge is -2.24. The van der Waals surface area contributed by atoms with Crippen LogP contribution in [0, 0.1) is 0 Å². The summed E-state index contributed by atoms with van der Waals surface area (Å²) in [6.45, 7) is 8.56. The van der Waals surface area contributed by atoms with Crippen molar-refractivity contribution in [3.8, 4) is 0 Å². The zero-order valence-electron chi connectivity index (χ0n) is 9.10. The van der Waals surface area contributed by atoms with Gasteiger partial charge in [0.1, 0.15) is 7.28 Å². The van der Waals surface area contributed by atoms with E-state index in [0.717, 1.165) is 0 Å². The fraction of sp³-hybridized carbons (Fsp3) is 0.667. The molecular weight excluding hydrogens is 155 g/mol. The molecule has 0 N–H and O–H groups in total. The SMILES string of the molecule is C=C/C(=C\CCC)C1(C)BCCC1. The van der Waals surface area contributed by atoms with Crippen molar-refractivity contribution in [1.29, 1.82) is 0 Å². The number of rotatable bonds is 4. The van der Waals surface area contributed by atoms with Crippen LogP contribution in [-0.2, 0) is 0 Å². The third-order valence-electron chi connectivity index (χ3n) is 3.28. The van der Waals surface area contributed by atoms with Crippen LogP contribution < -0.4 is 0 Å². The average Bonchev–Trinajstić information content (AvgIpc) is 2.54. The second-order valence-electron chi connectivity index (χ2n) is 4.42. The van der Waals surface area contributed by atoms with Crippen LogP contribution in [0.2, 0.25) is 11.6 Å². The van der Waals surface area contributed by atoms with Gasteiger partial charge < -0.3 is 0 Å². The minimum absolute atomic E-state index is 0.455. The van der Waals surface area contributed by atoms with Crippen LogP contribution in [0.4, 0.5) is 0 Å². The van der Waals surface area contributed by atoms with Gasteiger partial charge in [0.05, 0.1) is 0 Å². The third kappa shape index (κ3) is 2.49. The highest BCUT2D eigenvalue weighted by atomic mass is 14.2. The molecule has 0 aromatic rings. The maximum Gasteiger partial charge on any atom is 0.133 e. The first-order valence-electron chi connectivity index (χ1n) is 5.56. The second-order valence-corrected chi connectivity index (χ2v) is 4.42. The molecule has 0 radical (unpaired) electrons. The fourth-order valence-electron chi connectivity index (χ4n) is 2.32. The quantitative estimate of drug-likeness (QED) is 0.452. The summed E-state index contributed by atoms with van der Waals surface area (Å²) in [4.78, 5) is 0. The Morgan fingerprint density at radius 1 is 1.62 bits per heavy atom. The summed E-state index contributed by atoms with van der Waals surface area (Å²) in [5.41, 5.74) is 1.49. The van der Waals surface area contributed by atoms with Crippen molar-refractivity contribution in [2.24, 2.45) is 0 Å². The second kappa shape index (κ2) is 4.69. The summed E-state index contributed by atoms with van der Waals surface area (Å²) in [5, 5.41) is 0.455. The third-order valence-corrected chi connectivity index (χ3v) is 3.28. The normalized spacial score (nSPS) is 28.6. The van der Waals surface area contributed by atoms with Gasteiger partial charge in [-0.3, -0.25) is 0 Å². The first-order chi connectivity index (χ1) is 6.23. The molecule has 1 fully saturated rings. The Kier molecular flexibility index (Phi) is 3.83. The van der Waals surface area contributed by atoms with Gasteiger partial charge in [0.25, 0.3) is 0 Å². The highest BCUT2D eigenvalue weighted by Gasteiger charge is 2.31. The van der Waals surface area contributed by atoms with Gasteiger partial charge in [0.15, 0.2) is 0 Å². The molecule has 0 nitrogen and oxygen atoms in total. The molecule has 0 saturated carbocycles. The van der Waals surface area contributed by atoms with Crippen LogP contribution in [0.1, 0.15) is 39.5 Å². The Labute approximate surface area is 83.4 Å². The molecule has 1 unspecified atom stereocenters. The minimum Gasteiger partial charge on any atom is -0.0988 e. The smallest absolute Gasteiger partial charge is 0.0988 e. The van der Waals surface area contributed by atoms with E-state index in [2.05, 4.69) is 32.6 Å². The molecule has 0 aromatic heterocycles. The molecule has 0 spiro atoms. The van der Waals surface area contributed by atoms with Crippen molar-refractivity contribution in [2.75, 3.05) is 0 Å². The first kappa shape index (κ1) is 10.6. The van der Waals surface area contributed by atoms with Crippen LogP contribution in [0.5, 0.6) is 0 Å². The molecule has 1 heteroatoms. The first-order valence-corrected chi connectivity index (χ1v) is 5.56. The Morgan fingerprint density at radius 3 is 2.85 bits per heavy atom. The molecule has 1 heterocycles. The molecule has 1 aliphatic rings. The van der Waals surface area contributed by atoms with Gasteiger partial charge in [-0.2, -0.15) is 0 Å². The standard InChI is InChI=1S/C12H21B/c1-4-6-8-11(5-2)12(3)9-7-10-13-12/h5,8,13H,2,4,6-7,9-10H2,1,3H3/b11-8+. The zero-order chi connectivity index (χ0) is 9.73. The van der Waals surface area contributed by atoms with Crippen molar-refractivity contribution in [2.45, 2.75) is 51.2 Å². The van der Waals surface area contributed by atoms with Gasteiger partial charge in [0.2, 0.25) is 0 Å². The Balaban J connectivity index is 2.69. The van der Waals surface area contributed by atoms with Gasteiger partial charge in [-0.15, -0.1) is 0 Å². The van der Waals surface area contributed by atoms with Crippen LogP contribution in [-0.4, -0.2) is 7.28 Å². The molecule has 0 aromatic carbocycles. The van der Waals surface area contributed by atoms with Crippen LogP contribution in [0.25, 0.3) is 0 Å². The van der Waals surface area contributed by atoms with Gasteiger partial charge >= 0.3 is 0 Å². The van der Waals surface area contributed by atoms with Crippen molar-refractivity contribution in [3.63, 3.8) is 0 Å². The number of hydrogen-bond donors (Lipinski definition) is 0. The van der Waals surface area contributed by atoms with E-state index in [-0.39, 0.29) is 0 Å². The minimum atomic E-state index is 0.455. The van der Waals surface area contributed by atoms with Gasteiger partial charge in [0, 0.05) is 0 Å². The Morgan fingerprint density at radius 2 is 2.38 bits per heavy atom. The highest BCUT2D eigenvalue weighted by Crippen LogP contribution is 2.45. The molecule has 0 amide bonds. The van der Waals surface area contributed by atoms with E-state index in [0.29, 0.717) is 5.31 Å². The number of allylic oxidation sites excluding steroid dienone is 3. The Hall–Kier alpha value is -0.455. The molecule has 13 heavy (non-hydrogen) atoms. The van der Waals surface area contributed by atoms with E-state index in [1.165, 1.54) is 44.9 Å². The summed E-state index contributed by atoms with van der Waals surface area (Å²) in [5.74, 6) is 0. The van der Waals surface area contributed by atoms with Crippen molar-refractivity contribution in [1.82, 2.24) is 0 Å². The largest absolute Gasteiger partial charge is 0.133 e. The average molecular weight is 176 g/mol. The van der Waals surface area contributed by atoms with Crippen LogP contribution in [0.15, 0.2) is 24.3 Å². The van der Waals surface area contributed by atoms with Gasteiger partial charge in [-0.1, -0.05) is 63.7 Å². The van der Waals surface area contributed by atoms with E-state index >= 15 is 0 Å². The molecule has 1 atom stereocenters. The van der Waals surface area contributed by atoms with Crippen LogP contribution >= 0.6 is 0 Å². The van der Waals surface area contributed by atoms with Crippen LogP contribution in [0.3, 0.4) is 0 Å². The molecule has 0 bridgehead atoms. The lowest BCUT2D eigenvalue weighted by atomic mass is 9.52. The summed E-state index contributed by atoms with van der Waals surface area (Å²) in [6, 6.07) is 0. The van der Waals surface area contributed by atoms with E-state index in [1.807, 2.05) is 0 Å². The predicted molar refractivity (Wildman–Crippen MR) is 62.7 cm³/mol. The maximum absolute atomic E-state index is 3.94. The van der Waals surface area contributed by atoms with Gasteiger partial charge in [-0.25, -0.2) is 0 Å². The van der Waals surface area contributed by atoms with E-state index in [1.54, 1.807) is 0 Å².